The molecule has 3 saturated heterocycles. The SMILES string of the molecule is COc1ccccc1/C=C/C(=O)[C@]1(CO)O[C@H](OC2[C@@H](CO)O[C@@H](OC3[C@@H](CO)O[C@@H](O)[C@H](N)[C@H]3O)[C@H](N)[C@H]2O)[C@H](N)[C@@H](O)[C@@H]1O. The number of benzene rings is 1. The van der Waals surface area contributed by atoms with Gasteiger partial charge in [0.1, 0.15) is 54.6 Å². The topological polar surface area (TPSA) is 312 Å². The van der Waals surface area contributed by atoms with Crippen LogP contribution in [-0.4, -0.2) is 165 Å². The Morgan fingerprint density at radius 3 is 2.02 bits per heavy atom. The molecule has 3 aliphatic rings. The lowest BCUT2D eigenvalue weighted by atomic mass is 9.82. The number of nitrogens with two attached hydrogens (primary N) is 3. The van der Waals surface area contributed by atoms with Crippen LogP contribution in [0.3, 0.4) is 0 Å². The molecule has 3 fully saturated rings. The van der Waals surface area contributed by atoms with Gasteiger partial charge < -0.3 is 86.5 Å². The van der Waals surface area contributed by atoms with Gasteiger partial charge in [0.15, 0.2) is 30.3 Å². The van der Waals surface area contributed by atoms with E-state index in [4.69, 9.17) is 45.6 Å². The summed E-state index contributed by atoms with van der Waals surface area (Å²) in [5.74, 6) is -0.539. The first-order valence-electron chi connectivity index (χ1n) is 14.5. The molecule has 46 heavy (non-hydrogen) atoms. The highest BCUT2D eigenvalue weighted by molar-refractivity contribution is 6.01. The second kappa shape index (κ2) is 15.3. The van der Waals surface area contributed by atoms with Gasteiger partial charge >= 0.3 is 0 Å². The highest BCUT2D eigenvalue weighted by atomic mass is 16.7. The van der Waals surface area contributed by atoms with Crippen LogP contribution in [0.1, 0.15) is 5.56 Å². The number of para-hydroxylation sites is 1. The zero-order valence-electron chi connectivity index (χ0n) is 24.8. The van der Waals surface area contributed by atoms with Crippen LogP contribution in [0, 0.1) is 0 Å². The van der Waals surface area contributed by atoms with Crippen molar-refractivity contribution in [1.82, 2.24) is 0 Å². The fourth-order valence-corrected chi connectivity index (χ4v) is 5.60. The molecule has 1 aromatic rings. The quantitative estimate of drug-likeness (QED) is 0.0983. The largest absolute Gasteiger partial charge is 0.496 e. The fraction of sp³-hybridized carbons (Fsp3) is 0.679. The Hall–Kier alpha value is -2.21. The standard InChI is InChI=1S/C28H43N3O15/c1-41-12-5-3-2-4-11(12)6-7-15(35)28(10-34)24(39)21(38)18(31)27(46-28)45-23-14(9-33)43-26(17(30)20(23)37)44-22-13(8-32)42-25(40)16(29)19(22)36/h2-7,13-14,16-27,32-34,36-40H,8-10,29-31H2,1H3/b7-6+/t13-,14-,16-,17-,18-,19-,20-,21-,22?,23?,24+,25-,26+,27+,28+/m1/s1. The summed E-state index contributed by atoms with van der Waals surface area (Å²) in [7, 11) is 1.43. The Labute approximate surface area is 263 Å². The van der Waals surface area contributed by atoms with E-state index < -0.39 is 117 Å². The molecule has 0 radical (unpaired) electrons. The molecule has 3 heterocycles. The minimum atomic E-state index is -2.47. The smallest absolute Gasteiger partial charge is 0.192 e. The van der Waals surface area contributed by atoms with Crippen molar-refractivity contribution in [2.75, 3.05) is 26.9 Å². The third-order valence-electron chi connectivity index (χ3n) is 8.45. The molecule has 260 valence electrons. The van der Waals surface area contributed by atoms with Crippen molar-refractivity contribution in [1.29, 1.82) is 0 Å². The van der Waals surface area contributed by atoms with Gasteiger partial charge in [0.05, 0.1) is 45.1 Å². The summed E-state index contributed by atoms with van der Waals surface area (Å²) in [6.07, 6.45) is -15.3. The van der Waals surface area contributed by atoms with Crippen LogP contribution in [0.4, 0.5) is 0 Å². The maximum atomic E-state index is 13.4. The van der Waals surface area contributed by atoms with E-state index in [1.807, 2.05) is 0 Å². The highest BCUT2D eigenvalue weighted by Crippen LogP contribution is 2.35. The van der Waals surface area contributed by atoms with Gasteiger partial charge in [0, 0.05) is 5.56 Å². The van der Waals surface area contributed by atoms with E-state index in [0.29, 0.717) is 11.3 Å². The van der Waals surface area contributed by atoms with Crippen LogP contribution in [-0.2, 0) is 28.5 Å². The van der Waals surface area contributed by atoms with Crippen molar-refractivity contribution in [3.05, 3.63) is 35.9 Å². The van der Waals surface area contributed by atoms with E-state index in [9.17, 15) is 45.6 Å². The van der Waals surface area contributed by atoms with Crippen LogP contribution in [0.2, 0.25) is 0 Å². The molecule has 0 aromatic heterocycles. The van der Waals surface area contributed by atoms with Gasteiger partial charge in [-0.3, -0.25) is 4.79 Å². The van der Waals surface area contributed by atoms with Crippen molar-refractivity contribution in [3.63, 3.8) is 0 Å². The van der Waals surface area contributed by atoms with Crippen LogP contribution in [0.15, 0.2) is 30.3 Å². The lowest BCUT2D eigenvalue weighted by molar-refractivity contribution is -0.355. The van der Waals surface area contributed by atoms with Crippen molar-refractivity contribution >= 4 is 11.9 Å². The predicted molar refractivity (Wildman–Crippen MR) is 153 cm³/mol. The van der Waals surface area contributed by atoms with Gasteiger partial charge in [-0.25, -0.2) is 0 Å². The van der Waals surface area contributed by atoms with Crippen molar-refractivity contribution < 1.29 is 74.1 Å². The zero-order valence-corrected chi connectivity index (χ0v) is 24.8. The van der Waals surface area contributed by atoms with Gasteiger partial charge in [-0.15, -0.1) is 0 Å². The van der Waals surface area contributed by atoms with E-state index >= 15 is 0 Å². The Bertz CT molecular complexity index is 1190. The van der Waals surface area contributed by atoms with Gasteiger partial charge in [-0.1, -0.05) is 18.2 Å². The molecule has 0 aliphatic carbocycles. The summed E-state index contributed by atoms with van der Waals surface area (Å²) in [5, 5.41) is 83.3. The Morgan fingerprint density at radius 1 is 0.848 bits per heavy atom. The fourth-order valence-electron chi connectivity index (χ4n) is 5.60. The molecule has 0 spiro atoms. The number of carbonyl (C=O) groups excluding carboxylic acids is 1. The molecule has 0 bridgehead atoms. The average Bonchev–Trinajstić information content (AvgIpc) is 3.06. The molecule has 3 aliphatic heterocycles. The third-order valence-corrected chi connectivity index (χ3v) is 8.45. The molecule has 0 saturated carbocycles. The third kappa shape index (κ3) is 6.98. The second-order valence-corrected chi connectivity index (χ2v) is 11.3. The zero-order chi connectivity index (χ0) is 33.9. The molecular formula is C28H43N3O15. The van der Waals surface area contributed by atoms with Gasteiger partial charge in [-0.05, 0) is 18.2 Å². The minimum Gasteiger partial charge on any atom is -0.496 e. The normalized spacial score (nSPS) is 43.5. The Kier molecular flexibility index (Phi) is 12.2. The summed E-state index contributed by atoms with van der Waals surface area (Å²) < 4.78 is 33.4. The van der Waals surface area contributed by atoms with Gasteiger partial charge in [0.25, 0.3) is 0 Å². The van der Waals surface area contributed by atoms with Crippen molar-refractivity contribution in [2.24, 2.45) is 17.2 Å². The number of ether oxygens (including phenoxy) is 6. The van der Waals surface area contributed by atoms with Gasteiger partial charge in [0.2, 0.25) is 0 Å². The van der Waals surface area contributed by atoms with E-state index in [-0.39, 0.29) is 0 Å². The Balaban J connectivity index is 1.53. The summed E-state index contributed by atoms with van der Waals surface area (Å²) in [4.78, 5) is 13.4. The number of hydrogen-bond donors (Lipinski definition) is 11. The van der Waals surface area contributed by atoms with Crippen molar-refractivity contribution in [3.8, 4) is 5.75 Å². The maximum Gasteiger partial charge on any atom is 0.192 e. The molecule has 2 unspecified atom stereocenters. The lowest BCUT2D eigenvalue weighted by Gasteiger charge is -2.50. The first-order valence-corrected chi connectivity index (χ1v) is 14.5. The molecule has 18 nitrogen and oxygen atoms in total. The lowest BCUT2D eigenvalue weighted by Crippen LogP contribution is -2.73. The summed E-state index contributed by atoms with van der Waals surface area (Å²) in [5.41, 5.74) is 16.0. The second-order valence-electron chi connectivity index (χ2n) is 11.3. The maximum absolute atomic E-state index is 13.4. The molecule has 15 atom stereocenters. The number of carbonyl (C=O) groups is 1. The van der Waals surface area contributed by atoms with Gasteiger partial charge in [-0.2, -0.15) is 0 Å². The van der Waals surface area contributed by atoms with Crippen LogP contribution >= 0.6 is 0 Å². The number of hydrogen-bond acceptors (Lipinski definition) is 18. The number of methoxy groups -OCH3 is 1. The van der Waals surface area contributed by atoms with E-state index in [0.717, 1.165) is 6.08 Å². The molecule has 1 aromatic carbocycles. The molecule has 0 amide bonds. The summed E-state index contributed by atoms with van der Waals surface area (Å²) in [6, 6.07) is 2.38. The highest BCUT2D eigenvalue weighted by Gasteiger charge is 2.58. The number of ketones is 1. The first kappa shape index (κ1) is 36.6. The molecular weight excluding hydrogens is 618 g/mol. The number of rotatable bonds is 11. The summed E-state index contributed by atoms with van der Waals surface area (Å²) >= 11 is 0. The summed E-state index contributed by atoms with van der Waals surface area (Å²) in [6.45, 7) is -2.63. The van der Waals surface area contributed by atoms with E-state index in [1.165, 1.54) is 13.2 Å². The van der Waals surface area contributed by atoms with Crippen LogP contribution in [0.25, 0.3) is 6.08 Å². The molecule has 18 heteroatoms. The van der Waals surface area contributed by atoms with Crippen molar-refractivity contribution in [2.45, 2.75) is 91.4 Å². The number of aliphatic hydroxyl groups is 8. The van der Waals surface area contributed by atoms with Crippen LogP contribution in [0.5, 0.6) is 5.75 Å². The number of aliphatic hydroxyl groups excluding tert-OH is 8. The van der Waals surface area contributed by atoms with E-state index in [2.05, 4.69) is 0 Å². The monoisotopic (exact) mass is 661 g/mol. The Morgan fingerprint density at radius 2 is 1.41 bits per heavy atom. The van der Waals surface area contributed by atoms with E-state index in [1.54, 1.807) is 24.3 Å². The average molecular weight is 662 g/mol. The predicted octanol–water partition coefficient (Wildman–Crippen LogP) is -6.01. The first-order chi connectivity index (χ1) is 21.8. The minimum absolute atomic E-state index is 0.427. The van der Waals surface area contributed by atoms with Crippen LogP contribution < -0.4 is 21.9 Å². The molecule has 4 rings (SSSR count). The molecule has 14 N–H and O–H groups in total.